The van der Waals surface area contributed by atoms with Gasteiger partial charge in [-0.1, -0.05) is 90.4 Å². The SMILES string of the molecule is CCCCCCCCCCCCCCCCc1cc(N)ccc1C(=O)O. The van der Waals surface area contributed by atoms with Gasteiger partial charge in [-0.15, -0.1) is 0 Å². The summed E-state index contributed by atoms with van der Waals surface area (Å²) in [6.45, 7) is 2.27. The van der Waals surface area contributed by atoms with E-state index in [-0.39, 0.29) is 0 Å². The maximum absolute atomic E-state index is 11.2. The van der Waals surface area contributed by atoms with Gasteiger partial charge in [0.15, 0.2) is 0 Å². The molecule has 0 amide bonds. The molecule has 0 heterocycles. The third kappa shape index (κ3) is 10.5. The summed E-state index contributed by atoms with van der Waals surface area (Å²) in [7, 11) is 0. The van der Waals surface area contributed by atoms with Gasteiger partial charge in [-0.3, -0.25) is 0 Å². The third-order valence-corrected chi connectivity index (χ3v) is 5.16. The van der Waals surface area contributed by atoms with Crippen molar-refractivity contribution < 1.29 is 9.90 Å². The van der Waals surface area contributed by atoms with Gasteiger partial charge in [0.25, 0.3) is 0 Å². The van der Waals surface area contributed by atoms with E-state index in [1.807, 2.05) is 6.07 Å². The first-order valence-corrected chi connectivity index (χ1v) is 10.8. The molecule has 0 radical (unpaired) electrons. The molecule has 0 atom stereocenters. The smallest absolute Gasteiger partial charge is 0.335 e. The van der Waals surface area contributed by atoms with Crippen LogP contribution in [0.25, 0.3) is 0 Å². The Balaban J connectivity index is 1.97. The average molecular weight is 362 g/mol. The van der Waals surface area contributed by atoms with Crippen LogP contribution >= 0.6 is 0 Å². The van der Waals surface area contributed by atoms with E-state index < -0.39 is 5.97 Å². The number of carboxylic acid groups (broad SMARTS) is 1. The molecule has 0 bridgehead atoms. The Kier molecular flexibility index (Phi) is 12.7. The van der Waals surface area contributed by atoms with Crippen molar-refractivity contribution in [1.29, 1.82) is 0 Å². The molecule has 1 rings (SSSR count). The van der Waals surface area contributed by atoms with Gasteiger partial charge >= 0.3 is 5.97 Å². The number of nitrogens with two attached hydrogens (primary N) is 1. The second kappa shape index (κ2) is 14.6. The highest BCUT2D eigenvalue weighted by Gasteiger charge is 2.09. The normalized spacial score (nSPS) is 11.0. The number of aromatic carboxylic acids is 1. The van der Waals surface area contributed by atoms with E-state index >= 15 is 0 Å². The standard InChI is InChI=1S/C23H39NO2/c1-2-3-4-5-6-7-8-9-10-11-12-13-14-15-16-20-19-21(24)17-18-22(20)23(25)26/h17-19H,2-16,24H2,1H3,(H,25,26). The van der Waals surface area contributed by atoms with Crippen LogP contribution in [0.1, 0.15) is 113 Å². The Hall–Kier alpha value is -1.51. The van der Waals surface area contributed by atoms with Crippen LogP contribution in [0.5, 0.6) is 0 Å². The first-order chi connectivity index (χ1) is 12.6. The molecule has 1 aromatic carbocycles. The highest BCUT2D eigenvalue weighted by Crippen LogP contribution is 2.18. The van der Waals surface area contributed by atoms with Crippen molar-refractivity contribution in [3.63, 3.8) is 0 Å². The summed E-state index contributed by atoms with van der Waals surface area (Å²) in [5, 5.41) is 9.23. The second-order valence-electron chi connectivity index (χ2n) is 7.57. The van der Waals surface area contributed by atoms with Crippen molar-refractivity contribution in [3.8, 4) is 0 Å². The molecular formula is C23H39NO2. The highest BCUT2D eigenvalue weighted by atomic mass is 16.4. The molecule has 3 heteroatoms. The minimum absolute atomic E-state index is 0.397. The van der Waals surface area contributed by atoms with Crippen LogP contribution < -0.4 is 5.73 Å². The lowest BCUT2D eigenvalue weighted by Crippen LogP contribution is -2.03. The van der Waals surface area contributed by atoms with Gasteiger partial charge in [0.05, 0.1) is 5.56 Å². The summed E-state index contributed by atoms with van der Waals surface area (Å²) in [5.74, 6) is -0.856. The number of hydrogen-bond donors (Lipinski definition) is 2. The predicted molar refractivity (Wildman–Crippen MR) is 112 cm³/mol. The fourth-order valence-corrected chi connectivity index (χ4v) is 3.54. The molecule has 0 spiro atoms. The molecule has 0 aliphatic carbocycles. The predicted octanol–water partition coefficient (Wildman–Crippen LogP) is 6.99. The van der Waals surface area contributed by atoms with Crippen LogP contribution in [0.4, 0.5) is 5.69 Å². The summed E-state index contributed by atoms with van der Waals surface area (Å²) < 4.78 is 0. The molecule has 148 valence electrons. The Morgan fingerprint density at radius 1 is 0.808 bits per heavy atom. The van der Waals surface area contributed by atoms with Gasteiger partial charge in [0.2, 0.25) is 0 Å². The van der Waals surface area contributed by atoms with Crippen molar-refractivity contribution in [3.05, 3.63) is 29.3 Å². The summed E-state index contributed by atoms with van der Waals surface area (Å²) in [5.41, 5.74) is 7.70. The topological polar surface area (TPSA) is 63.3 Å². The lowest BCUT2D eigenvalue weighted by atomic mass is 9.99. The minimum atomic E-state index is -0.856. The molecule has 0 fully saturated rings. The van der Waals surface area contributed by atoms with Crippen molar-refractivity contribution in [1.82, 2.24) is 0 Å². The van der Waals surface area contributed by atoms with E-state index in [9.17, 15) is 9.90 Å². The molecule has 26 heavy (non-hydrogen) atoms. The highest BCUT2D eigenvalue weighted by molar-refractivity contribution is 5.89. The number of anilines is 1. The van der Waals surface area contributed by atoms with Crippen LogP contribution in [-0.4, -0.2) is 11.1 Å². The van der Waals surface area contributed by atoms with Gasteiger partial charge in [0, 0.05) is 5.69 Å². The average Bonchev–Trinajstić information content (AvgIpc) is 2.61. The first kappa shape index (κ1) is 22.5. The second-order valence-corrected chi connectivity index (χ2v) is 7.57. The number of rotatable bonds is 16. The molecule has 0 unspecified atom stereocenters. The van der Waals surface area contributed by atoms with Gasteiger partial charge in [0.1, 0.15) is 0 Å². The lowest BCUT2D eigenvalue weighted by Gasteiger charge is -2.07. The summed E-state index contributed by atoms with van der Waals surface area (Å²) in [6, 6.07) is 5.10. The van der Waals surface area contributed by atoms with E-state index in [2.05, 4.69) is 6.92 Å². The van der Waals surface area contributed by atoms with E-state index in [1.54, 1.807) is 12.1 Å². The van der Waals surface area contributed by atoms with Crippen LogP contribution in [0.3, 0.4) is 0 Å². The van der Waals surface area contributed by atoms with Gasteiger partial charge in [-0.05, 0) is 36.6 Å². The molecule has 0 aromatic heterocycles. The molecule has 0 aliphatic rings. The Bertz CT molecular complexity index is 499. The zero-order chi connectivity index (χ0) is 19.0. The number of carbonyl (C=O) groups is 1. The van der Waals surface area contributed by atoms with Gasteiger partial charge in [-0.2, -0.15) is 0 Å². The van der Waals surface area contributed by atoms with E-state index in [0.717, 1.165) is 18.4 Å². The van der Waals surface area contributed by atoms with Crippen LogP contribution in [0.15, 0.2) is 18.2 Å². The van der Waals surface area contributed by atoms with E-state index in [1.165, 1.54) is 83.5 Å². The molecule has 0 aliphatic heterocycles. The molecule has 0 saturated carbocycles. The fourth-order valence-electron chi connectivity index (χ4n) is 3.54. The zero-order valence-electron chi connectivity index (χ0n) is 16.8. The maximum Gasteiger partial charge on any atom is 0.335 e. The van der Waals surface area contributed by atoms with Crippen molar-refractivity contribution in [2.24, 2.45) is 0 Å². The Morgan fingerprint density at radius 3 is 1.73 bits per heavy atom. The van der Waals surface area contributed by atoms with Crippen LogP contribution in [-0.2, 0) is 6.42 Å². The Labute approximate surface area is 160 Å². The van der Waals surface area contributed by atoms with Crippen LogP contribution in [0, 0.1) is 0 Å². The summed E-state index contributed by atoms with van der Waals surface area (Å²) >= 11 is 0. The van der Waals surface area contributed by atoms with Crippen molar-refractivity contribution in [2.75, 3.05) is 5.73 Å². The minimum Gasteiger partial charge on any atom is -0.478 e. The number of aryl methyl sites for hydroxylation is 1. The molecular weight excluding hydrogens is 322 g/mol. The Morgan fingerprint density at radius 2 is 1.27 bits per heavy atom. The summed E-state index contributed by atoms with van der Waals surface area (Å²) in [4.78, 5) is 11.2. The first-order valence-electron chi connectivity index (χ1n) is 10.8. The van der Waals surface area contributed by atoms with E-state index in [4.69, 9.17) is 5.73 Å². The van der Waals surface area contributed by atoms with Gasteiger partial charge < -0.3 is 10.8 Å². The van der Waals surface area contributed by atoms with Crippen LogP contribution in [0.2, 0.25) is 0 Å². The van der Waals surface area contributed by atoms with Gasteiger partial charge in [-0.25, -0.2) is 4.79 Å². The van der Waals surface area contributed by atoms with Crippen molar-refractivity contribution >= 4 is 11.7 Å². The lowest BCUT2D eigenvalue weighted by molar-refractivity contribution is 0.0695. The molecule has 3 nitrogen and oxygen atoms in total. The largest absolute Gasteiger partial charge is 0.478 e. The van der Waals surface area contributed by atoms with E-state index in [0.29, 0.717) is 11.3 Å². The maximum atomic E-state index is 11.2. The monoisotopic (exact) mass is 361 g/mol. The van der Waals surface area contributed by atoms with Crippen molar-refractivity contribution in [2.45, 2.75) is 103 Å². The zero-order valence-corrected chi connectivity index (χ0v) is 16.8. The third-order valence-electron chi connectivity index (χ3n) is 5.16. The number of carboxylic acids is 1. The molecule has 1 aromatic rings. The number of nitrogen functional groups attached to an aromatic ring is 1. The number of unbranched alkanes of at least 4 members (excludes halogenated alkanes) is 13. The molecule has 0 saturated heterocycles. The fraction of sp³-hybridized carbons (Fsp3) is 0.696. The molecule has 3 N–H and O–H groups in total. The quantitative estimate of drug-likeness (QED) is 0.246. The number of benzene rings is 1. The summed E-state index contributed by atoms with van der Waals surface area (Å²) in [6.07, 6.45) is 19.5. The number of hydrogen-bond acceptors (Lipinski definition) is 2.